The zero-order chi connectivity index (χ0) is 19.6. The Morgan fingerprint density at radius 3 is 2.70 bits per heavy atom. The first kappa shape index (κ1) is 18.5. The molecule has 1 atom stereocenters. The van der Waals surface area contributed by atoms with E-state index in [9.17, 15) is 19.1 Å². The van der Waals surface area contributed by atoms with Gasteiger partial charge in [-0.3, -0.25) is 18.6 Å². The summed E-state index contributed by atoms with van der Waals surface area (Å²) in [4.78, 5) is 29.2. The zero-order valence-electron chi connectivity index (χ0n) is 14.7. The van der Waals surface area contributed by atoms with E-state index >= 15 is 0 Å². The molecule has 0 aliphatic carbocycles. The van der Waals surface area contributed by atoms with Crippen LogP contribution in [0.1, 0.15) is 17.4 Å². The van der Waals surface area contributed by atoms with E-state index in [0.29, 0.717) is 11.3 Å². The van der Waals surface area contributed by atoms with E-state index in [-0.39, 0.29) is 30.2 Å². The number of imidazole rings is 1. The molecule has 7 nitrogen and oxygen atoms in total. The number of benzene rings is 1. The van der Waals surface area contributed by atoms with Crippen LogP contribution < -0.4 is 10.9 Å². The summed E-state index contributed by atoms with van der Waals surface area (Å²) in [5, 5.41) is 11.8. The van der Waals surface area contributed by atoms with Gasteiger partial charge in [-0.1, -0.05) is 6.08 Å². The third kappa shape index (κ3) is 3.80. The van der Waals surface area contributed by atoms with Gasteiger partial charge in [0.1, 0.15) is 11.5 Å². The van der Waals surface area contributed by atoms with Crippen molar-refractivity contribution < 1.29 is 14.3 Å². The summed E-state index contributed by atoms with van der Waals surface area (Å²) in [6.07, 6.45) is 3.98. The standard InChI is InChI=1S/C19H19FN4O3/c1-3-8-24-16(13-4-6-14(20)7-5-13)11-23-10-15(22-17(23)19(24)27)18(26)21-9-12(2)25/h3-7,10-12,25H,1,8-9H2,2H3,(H,21,26)/t12-/m0/s1. The summed E-state index contributed by atoms with van der Waals surface area (Å²) in [5.41, 5.74) is 0.942. The first-order chi connectivity index (χ1) is 12.9. The fourth-order valence-corrected chi connectivity index (χ4v) is 2.68. The van der Waals surface area contributed by atoms with Crippen LogP contribution in [0.5, 0.6) is 0 Å². The Morgan fingerprint density at radius 2 is 2.07 bits per heavy atom. The van der Waals surface area contributed by atoms with E-state index in [1.54, 1.807) is 31.3 Å². The van der Waals surface area contributed by atoms with Crippen molar-refractivity contribution in [3.05, 3.63) is 71.2 Å². The van der Waals surface area contributed by atoms with E-state index in [4.69, 9.17) is 0 Å². The third-order valence-electron chi connectivity index (χ3n) is 3.96. The molecule has 0 spiro atoms. The number of nitrogens with one attached hydrogen (secondary N) is 1. The van der Waals surface area contributed by atoms with Crippen molar-refractivity contribution in [2.24, 2.45) is 0 Å². The minimum absolute atomic E-state index is 0.0640. The fourth-order valence-electron chi connectivity index (χ4n) is 2.68. The van der Waals surface area contributed by atoms with Crippen molar-refractivity contribution in [3.8, 4) is 11.3 Å². The van der Waals surface area contributed by atoms with Gasteiger partial charge in [0.15, 0.2) is 0 Å². The minimum atomic E-state index is -0.694. The van der Waals surface area contributed by atoms with Crippen LogP contribution in [0.15, 0.2) is 54.1 Å². The quantitative estimate of drug-likeness (QED) is 0.645. The molecule has 3 rings (SSSR count). The lowest BCUT2D eigenvalue weighted by molar-refractivity contribution is 0.0919. The Kier molecular flexibility index (Phi) is 5.18. The SMILES string of the molecule is C=CCn1c(-c2ccc(F)cc2)cn2cc(C(=O)NC[C@H](C)O)nc2c1=O. The van der Waals surface area contributed by atoms with Gasteiger partial charge in [0.25, 0.3) is 11.5 Å². The number of amides is 1. The highest BCUT2D eigenvalue weighted by Gasteiger charge is 2.17. The van der Waals surface area contributed by atoms with Gasteiger partial charge in [-0.15, -0.1) is 6.58 Å². The molecular weight excluding hydrogens is 351 g/mol. The van der Waals surface area contributed by atoms with Gasteiger partial charge in [0.2, 0.25) is 5.65 Å². The minimum Gasteiger partial charge on any atom is -0.392 e. The van der Waals surface area contributed by atoms with Crippen LogP contribution in [0.2, 0.25) is 0 Å². The van der Waals surface area contributed by atoms with Gasteiger partial charge in [0.05, 0.1) is 11.8 Å². The van der Waals surface area contributed by atoms with Crippen molar-refractivity contribution in [3.63, 3.8) is 0 Å². The number of rotatable bonds is 6. The van der Waals surface area contributed by atoms with E-state index in [2.05, 4.69) is 16.9 Å². The number of halogens is 1. The van der Waals surface area contributed by atoms with Crippen LogP contribution in [0.3, 0.4) is 0 Å². The number of aliphatic hydroxyl groups is 1. The molecule has 0 fully saturated rings. The molecule has 3 aromatic rings. The van der Waals surface area contributed by atoms with Gasteiger partial charge in [-0.25, -0.2) is 9.37 Å². The number of hydrogen-bond donors (Lipinski definition) is 2. The Balaban J connectivity index is 2.12. The van der Waals surface area contributed by atoms with E-state index in [1.807, 2.05) is 0 Å². The molecule has 0 saturated carbocycles. The molecule has 1 amide bonds. The molecule has 0 saturated heterocycles. The molecule has 0 aliphatic heterocycles. The van der Waals surface area contributed by atoms with Crippen LogP contribution in [-0.4, -0.2) is 37.6 Å². The van der Waals surface area contributed by atoms with Crippen molar-refractivity contribution in [2.45, 2.75) is 19.6 Å². The maximum absolute atomic E-state index is 13.2. The molecule has 8 heteroatoms. The molecule has 0 aliphatic rings. The molecular formula is C19H19FN4O3. The molecule has 27 heavy (non-hydrogen) atoms. The lowest BCUT2D eigenvalue weighted by Gasteiger charge is -2.12. The van der Waals surface area contributed by atoms with Gasteiger partial charge >= 0.3 is 0 Å². The number of fused-ring (bicyclic) bond motifs is 1. The van der Waals surface area contributed by atoms with Crippen molar-refractivity contribution in [1.82, 2.24) is 19.3 Å². The Hall–Kier alpha value is -3.26. The first-order valence-corrected chi connectivity index (χ1v) is 8.36. The molecule has 0 bridgehead atoms. The van der Waals surface area contributed by atoms with Crippen LogP contribution in [0, 0.1) is 5.82 Å². The number of carbonyl (C=O) groups excluding carboxylic acids is 1. The molecule has 2 aromatic heterocycles. The fraction of sp³-hybridized carbons (Fsp3) is 0.211. The number of aromatic nitrogens is 3. The van der Waals surface area contributed by atoms with E-state index in [1.165, 1.54) is 27.3 Å². The Bertz CT molecular complexity index is 1050. The van der Waals surface area contributed by atoms with Gasteiger partial charge < -0.3 is 10.4 Å². The topological polar surface area (TPSA) is 88.6 Å². The van der Waals surface area contributed by atoms with Crippen LogP contribution in [0.25, 0.3) is 16.9 Å². The van der Waals surface area contributed by atoms with Gasteiger partial charge in [0, 0.05) is 25.5 Å². The highest BCUT2D eigenvalue weighted by molar-refractivity contribution is 5.92. The summed E-state index contributed by atoms with van der Waals surface area (Å²) in [6, 6.07) is 5.77. The predicted octanol–water partition coefficient (Wildman–Crippen LogP) is 1.60. The van der Waals surface area contributed by atoms with Crippen LogP contribution in [0.4, 0.5) is 4.39 Å². The molecule has 0 unspecified atom stereocenters. The third-order valence-corrected chi connectivity index (χ3v) is 3.96. The maximum Gasteiger partial charge on any atom is 0.295 e. The summed E-state index contributed by atoms with van der Waals surface area (Å²) in [6.45, 7) is 5.53. The van der Waals surface area contributed by atoms with Crippen LogP contribution in [-0.2, 0) is 6.54 Å². The second-order valence-electron chi connectivity index (χ2n) is 6.14. The second kappa shape index (κ2) is 7.55. The van der Waals surface area contributed by atoms with Crippen molar-refractivity contribution >= 4 is 11.6 Å². The van der Waals surface area contributed by atoms with Gasteiger partial charge in [-0.05, 0) is 36.8 Å². The monoisotopic (exact) mass is 370 g/mol. The lowest BCUT2D eigenvalue weighted by Crippen LogP contribution is -2.30. The molecule has 2 N–H and O–H groups in total. The summed E-state index contributed by atoms with van der Waals surface area (Å²) in [5.74, 6) is -0.866. The Morgan fingerprint density at radius 1 is 1.37 bits per heavy atom. The number of nitrogens with zero attached hydrogens (tertiary/aromatic N) is 3. The lowest BCUT2D eigenvalue weighted by atomic mass is 10.1. The molecule has 2 heterocycles. The largest absolute Gasteiger partial charge is 0.392 e. The number of allylic oxidation sites excluding steroid dienone is 1. The molecule has 0 radical (unpaired) electrons. The average molecular weight is 370 g/mol. The zero-order valence-corrected chi connectivity index (χ0v) is 14.7. The average Bonchev–Trinajstić information content (AvgIpc) is 3.07. The summed E-state index contributed by atoms with van der Waals surface area (Å²) >= 11 is 0. The van der Waals surface area contributed by atoms with Crippen LogP contribution >= 0.6 is 0 Å². The Labute approximate surface area is 154 Å². The highest BCUT2D eigenvalue weighted by Crippen LogP contribution is 2.19. The first-order valence-electron chi connectivity index (χ1n) is 8.36. The van der Waals surface area contributed by atoms with E-state index in [0.717, 1.165) is 0 Å². The highest BCUT2D eigenvalue weighted by atomic mass is 19.1. The normalized spacial score (nSPS) is 12.1. The van der Waals surface area contributed by atoms with Gasteiger partial charge in [-0.2, -0.15) is 0 Å². The smallest absolute Gasteiger partial charge is 0.295 e. The number of aliphatic hydroxyl groups excluding tert-OH is 1. The van der Waals surface area contributed by atoms with Crippen molar-refractivity contribution in [1.29, 1.82) is 0 Å². The molecule has 140 valence electrons. The van der Waals surface area contributed by atoms with E-state index < -0.39 is 17.6 Å². The summed E-state index contributed by atoms with van der Waals surface area (Å²) in [7, 11) is 0. The maximum atomic E-state index is 13.2. The number of hydrogen-bond acceptors (Lipinski definition) is 4. The summed E-state index contributed by atoms with van der Waals surface area (Å²) < 4.78 is 16.2. The second-order valence-corrected chi connectivity index (χ2v) is 6.14. The number of carbonyl (C=O) groups is 1. The predicted molar refractivity (Wildman–Crippen MR) is 99.1 cm³/mol. The van der Waals surface area contributed by atoms with Crippen molar-refractivity contribution in [2.75, 3.05) is 6.54 Å². The molecule has 1 aromatic carbocycles.